The lowest BCUT2D eigenvalue weighted by atomic mass is 9.33. The standard InChI is InChI=1S/C105H106BN3/c1-65-52-66(2)96(67(3)53-65)72-42-48-88-92(54-72)108(98-81(68-34-26-22-27-35-68)59-77(103(13,14)15)60-82(98)69-36-28-23-29-37-69)94-55-73(80-47-43-76(102(10,11)12)63-87(80)105(19,20)21)56-95-97(94)106(88)89-49-46-79(107-90-50-44-74(100(4,5)6)57-85(90)86-58-75(101(7,8)9)45-51-91(86)107)64-93(89)109(95)99-83(70-38-30-24-31-39-70)61-78(104(16,17)18)62-84(99)71-40-32-25-33-41-71/h22-64H,1-21H3. The van der Waals surface area contributed by atoms with Crippen LogP contribution in [0.1, 0.15) is 175 Å². The van der Waals surface area contributed by atoms with E-state index in [1.807, 2.05) is 0 Å². The normalized spacial score (nSPS) is 13.3. The van der Waals surface area contributed by atoms with Crippen molar-refractivity contribution in [3.05, 3.63) is 311 Å². The minimum absolute atomic E-state index is 0.0636. The molecule has 2 aliphatic heterocycles. The Hall–Kier alpha value is -10.7. The number of anilines is 6. The lowest BCUT2D eigenvalue weighted by Gasteiger charge is -2.46. The van der Waals surface area contributed by atoms with Crippen LogP contribution in [0.3, 0.4) is 0 Å². The molecule has 0 atom stereocenters. The second-order valence-electron chi connectivity index (χ2n) is 37.7. The maximum Gasteiger partial charge on any atom is 0.252 e. The Morgan fingerprint density at radius 3 is 1.01 bits per heavy atom. The number of aryl methyl sites for hydroxylation is 3. The molecule has 0 radical (unpaired) electrons. The summed E-state index contributed by atoms with van der Waals surface area (Å²) in [6, 6.07) is 102. The maximum absolute atomic E-state index is 2.77. The quantitative estimate of drug-likeness (QED) is 0.133. The second-order valence-corrected chi connectivity index (χ2v) is 37.7. The molecular formula is C105H106BN3. The first kappa shape index (κ1) is 72.5. The third-order valence-electron chi connectivity index (χ3n) is 23.5. The fraction of sp³-hybridized carbons (Fsp3) is 0.257. The summed E-state index contributed by atoms with van der Waals surface area (Å²) in [5, 5.41) is 2.53. The summed E-state index contributed by atoms with van der Waals surface area (Å²) < 4.78 is 2.58. The summed E-state index contributed by atoms with van der Waals surface area (Å²) in [5.74, 6) is 0. The fourth-order valence-corrected chi connectivity index (χ4v) is 17.6. The van der Waals surface area contributed by atoms with Crippen LogP contribution >= 0.6 is 0 Å². The van der Waals surface area contributed by atoms with Crippen LogP contribution in [0, 0.1) is 20.8 Å². The van der Waals surface area contributed by atoms with E-state index in [0.29, 0.717) is 0 Å². The fourth-order valence-electron chi connectivity index (χ4n) is 17.6. The molecule has 0 saturated carbocycles. The molecule has 16 rings (SSSR count). The molecule has 14 aromatic rings. The predicted octanol–water partition coefficient (Wildman–Crippen LogP) is 27.6. The highest BCUT2D eigenvalue weighted by atomic mass is 15.2. The molecule has 544 valence electrons. The van der Waals surface area contributed by atoms with Gasteiger partial charge in [-0.25, -0.2) is 0 Å². The zero-order chi connectivity index (χ0) is 76.9. The van der Waals surface area contributed by atoms with Crippen LogP contribution in [0.2, 0.25) is 0 Å². The molecule has 0 amide bonds. The molecule has 0 N–H and O–H groups in total. The van der Waals surface area contributed by atoms with Crippen molar-refractivity contribution in [1.29, 1.82) is 0 Å². The maximum atomic E-state index is 2.77. The van der Waals surface area contributed by atoms with Gasteiger partial charge in [-0.2, -0.15) is 0 Å². The van der Waals surface area contributed by atoms with Crippen molar-refractivity contribution in [2.24, 2.45) is 0 Å². The third-order valence-corrected chi connectivity index (χ3v) is 23.5. The smallest absolute Gasteiger partial charge is 0.252 e. The zero-order valence-electron chi connectivity index (χ0n) is 68.2. The summed E-state index contributed by atoms with van der Waals surface area (Å²) in [5.41, 5.74) is 39.0. The largest absolute Gasteiger partial charge is 0.310 e. The number of fused-ring (bicyclic) bond motifs is 7. The van der Waals surface area contributed by atoms with Crippen LogP contribution in [0.15, 0.2) is 261 Å². The van der Waals surface area contributed by atoms with E-state index in [1.165, 1.54) is 127 Å². The highest BCUT2D eigenvalue weighted by Crippen LogP contribution is 2.57. The van der Waals surface area contributed by atoms with Crippen LogP contribution in [0.25, 0.3) is 94.3 Å². The predicted molar refractivity (Wildman–Crippen MR) is 474 cm³/mol. The molecule has 0 unspecified atom stereocenters. The van der Waals surface area contributed by atoms with E-state index in [1.54, 1.807) is 0 Å². The first-order valence-electron chi connectivity index (χ1n) is 39.6. The second kappa shape index (κ2) is 26.3. The molecule has 2 aliphatic rings. The van der Waals surface area contributed by atoms with Crippen LogP contribution in [-0.2, 0) is 32.5 Å². The Labute approximate surface area is 650 Å². The summed E-state index contributed by atoms with van der Waals surface area (Å²) in [6.45, 7) is 49.2. The van der Waals surface area contributed by atoms with Gasteiger partial charge in [-0.05, 0) is 238 Å². The summed E-state index contributed by atoms with van der Waals surface area (Å²) in [7, 11) is 0. The van der Waals surface area contributed by atoms with Crippen LogP contribution in [-0.4, -0.2) is 11.3 Å². The van der Waals surface area contributed by atoms with Gasteiger partial charge in [0.15, 0.2) is 0 Å². The number of aromatic nitrogens is 1. The highest BCUT2D eigenvalue weighted by molar-refractivity contribution is 7.00. The molecular weight excluding hydrogens is 1310 g/mol. The van der Waals surface area contributed by atoms with Gasteiger partial charge in [-0.1, -0.05) is 312 Å². The van der Waals surface area contributed by atoms with Crippen molar-refractivity contribution in [2.75, 3.05) is 9.80 Å². The van der Waals surface area contributed by atoms with Gasteiger partial charge in [-0.15, -0.1) is 0 Å². The molecule has 0 spiro atoms. The van der Waals surface area contributed by atoms with E-state index >= 15 is 0 Å². The summed E-state index contributed by atoms with van der Waals surface area (Å²) >= 11 is 0. The molecule has 4 heteroatoms. The Morgan fingerprint density at radius 1 is 0.266 bits per heavy atom. The van der Waals surface area contributed by atoms with Gasteiger partial charge in [0.2, 0.25) is 0 Å². The van der Waals surface area contributed by atoms with Gasteiger partial charge in [0.1, 0.15) is 0 Å². The molecule has 3 nitrogen and oxygen atoms in total. The van der Waals surface area contributed by atoms with Crippen molar-refractivity contribution in [3.63, 3.8) is 0 Å². The molecule has 0 saturated heterocycles. The van der Waals surface area contributed by atoms with Crippen molar-refractivity contribution in [1.82, 2.24) is 4.57 Å². The van der Waals surface area contributed by atoms with Gasteiger partial charge in [0, 0.05) is 61.5 Å². The molecule has 13 aromatic carbocycles. The highest BCUT2D eigenvalue weighted by Gasteiger charge is 2.47. The minimum Gasteiger partial charge on any atom is -0.310 e. The number of hydrogen-bond donors (Lipinski definition) is 0. The molecule has 0 bridgehead atoms. The number of nitrogens with zero attached hydrogens (tertiary/aromatic N) is 3. The third kappa shape index (κ3) is 12.9. The van der Waals surface area contributed by atoms with Crippen molar-refractivity contribution >= 4 is 79.0 Å². The average molecular weight is 1420 g/mol. The molecule has 0 fully saturated rings. The van der Waals surface area contributed by atoms with Crippen molar-refractivity contribution in [2.45, 2.75) is 178 Å². The van der Waals surface area contributed by atoms with Crippen LogP contribution in [0.5, 0.6) is 0 Å². The topological polar surface area (TPSA) is 11.4 Å². The Bertz CT molecular complexity index is 5710. The Morgan fingerprint density at radius 2 is 0.624 bits per heavy atom. The van der Waals surface area contributed by atoms with Crippen LogP contribution < -0.4 is 26.2 Å². The Kier molecular flexibility index (Phi) is 17.5. The number of hydrogen-bond acceptors (Lipinski definition) is 2. The zero-order valence-corrected chi connectivity index (χ0v) is 68.2. The van der Waals surface area contributed by atoms with Crippen LogP contribution in [0.4, 0.5) is 34.1 Å². The SMILES string of the molecule is Cc1cc(C)c(-c2ccc3c(c2)N(c2c(-c4ccccc4)cc(C(C)(C)C)cc2-c2ccccc2)c2cc(-c4ccc(C(C)(C)C)cc4C(C)(C)C)cc4c2B3c2ccc(-n3c5ccc(C(C)(C)C)cc5c5cc(C(C)(C)C)ccc53)cc2N4c2c(-c3ccccc3)cc(C(C)(C)C)cc2-c2ccccc2)c(C)c1. The summed E-state index contributed by atoms with van der Waals surface area (Å²) in [4.78, 5) is 5.54. The molecule has 0 aliphatic carbocycles. The van der Waals surface area contributed by atoms with Gasteiger partial charge in [0.05, 0.1) is 22.4 Å². The lowest BCUT2D eigenvalue weighted by molar-refractivity contribution is 0.570. The van der Waals surface area contributed by atoms with E-state index in [9.17, 15) is 0 Å². The van der Waals surface area contributed by atoms with Crippen molar-refractivity contribution < 1.29 is 0 Å². The monoisotopic (exact) mass is 1420 g/mol. The van der Waals surface area contributed by atoms with E-state index in [-0.39, 0.29) is 39.2 Å². The molecule has 109 heavy (non-hydrogen) atoms. The molecule has 3 heterocycles. The van der Waals surface area contributed by atoms with E-state index in [2.05, 4.69) is 421 Å². The summed E-state index contributed by atoms with van der Waals surface area (Å²) in [6.07, 6.45) is 0. The van der Waals surface area contributed by atoms with Gasteiger partial charge >= 0.3 is 0 Å². The Balaban J connectivity index is 1.15. The van der Waals surface area contributed by atoms with E-state index < -0.39 is 0 Å². The van der Waals surface area contributed by atoms with Crippen molar-refractivity contribution in [3.8, 4) is 72.4 Å². The number of rotatable bonds is 9. The lowest BCUT2D eigenvalue weighted by Crippen LogP contribution is -2.61. The molecule has 1 aromatic heterocycles. The van der Waals surface area contributed by atoms with E-state index in [0.717, 1.165) is 67.6 Å². The first-order chi connectivity index (χ1) is 51.6. The van der Waals surface area contributed by atoms with Gasteiger partial charge in [0.25, 0.3) is 6.71 Å². The number of benzene rings is 13. The minimum atomic E-state index is -0.254. The first-order valence-corrected chi connectivity index (χ1v) is 39.6. The average Bonchev–Trinajstić information content (AvgIpc) is 0.716. The van der Waals surface area contributed by atoms with Gasteiger partial charge in [-0.3, -0.25) is 0 Å². The van der Waals surface area contributed by atoms with E-state index in [4.69, 9.17) is 0 Å². The van der Waals surface area contributed by atoms with Gasteiger partial charge < -0.3 is 14.4 Å².